The van der Waals surface area contributed by atoms with Gasteiger partial charge in [0.05, 0.1) is 16.4 Å². The first-order valence-corrected chi connectivity index (χ1v) is 6.07. The highest BCUT2D eigenvalue weighted by Gasteiger charge is 2.18. The summed E-state index contributed by atoms with van der Waals surface area (Å²) < 4.78 is 22.1. The van der Waals surface area contributed by atoms with Gasteiger partial charge in [0.15, 0.2) is 0 Å². The Bertz CT molecular complexity index is 528. The van der Waals surface area contributed by atoms with Crippen LogP contribution in [0.3, 0.4) is 0 Å². The molecule has 17 heavy (non-hydrogen) atoms. The standard InChI is InChI=1S/C8H11N3O5S/c9-17(15,16)6-1-2-7(10-3-4-12)8(5-6)11(13)14/h1-2,5,10,12H,3-4H2,(H2,9,15,16). The van der Waals surface area contributed by atoms with Crippen molar-refractivity contribution < 1.29 is 18.4 Å². The third kappa shape index (κ3) is 3.37. The van der Waals surface area contributed by atoms with Crippen LogP contribution in [0.4, 0.5) is 11.4 Å². The van der Waals surface area contributed by atoms with Gasteiger partial charge in [-0.1, -0.05) is 0 Å². The molecule has 0 fully saturated rings. The predicted molar refractivity (Wildman–Crippen MR) is 60.0 cm³/mol. The molecule has 0 aromatic heterocycles. The molecule has 1 aromatic carbocycles. The number of nitro benzene ring substituents is 1. The quantitative estimate of drug-likeness (QED) is 0.489. The van der Waals surface area contributed by atoms with Gasteiger partial charge in [0.2, 0.25) is 10.0 Å². The van der Waals surface area contributed by atoms with E-state index >= 15 is 0 Å². The van der Waals surface area contributed by atoms with Gasteiger partial charge in [-0.25, -0.2) is 13.6 Å². The summed E-state index contributed by atoms with van der Waals surface area (Å²) in [5.41, 5.74) is -0.290. The number of nitrogens with zero attached hydrogens (tertiary/aromatic N) is 1. The van der Waals surface area contributed by atoms with E-state index in [-0.39, 0.29) is 23.7 Å². The second-order valence-corrected chi connectivity index (χ2v) is 4.69. The third-order valence-corrected chi connectivity index (χ3v) is 2.83. The molecule has 4 N–H and O–H groups in total. The Hall–Kier alpha value is -1.71. The number of hydrogen-bond donors (Lipinski definition) is 3. The lowest BCUT2D eigenvalue weighted by Crippen LogP contribution is -2.13. The van der Waals surface area contributed by atoms with Gasteiger partial charge in [-0.05, 0) is 12.1 Å². The fourth-order valence-corrected chi connectivity index (χ4v) is 1.71. The highest BCUT2D eigenvalue weighted by molar-refractivity contribution is 7.89. The van der Waals surface area contributed by atoms with Crippen LogP contribution in [-0.2, 0) is 10.0 Å². The number of aliphatic hydroxyl groups excluding tert-OH is 1. The summed E-state index contributed by atoms with van der Waals surface area (Å²) in [4.78, 5) is 9.67. The number of sulfonamides is 1. The fraction of sp³-hybridized carbons (Fsp3) is 0.250. The van der Waals surface area contributed by atoms with Gasteiger partial charge in [0.25, 0.3) is 5.69 Å². The number of nitro groups is 1. The highest BCUT2D eigenvalue weighted by atomic mass is 32.2. The Morgan fingerprint density at radius 1 is 1.47 bits per heavy atom. The maximum atomic E-state index is 11.0. The molecule has 0 heterocycles. The van der Waals surface area contributed by atoms with Crippen molar-refractivity contribution in [2.75, 3.05) is 18.5 Å². The van der Waals surface area contributed by atoms with Crippen molar-refractivity contribution >= 4 is 21.4 Å². The smallest absolute Gasteiger partial charge is 0.293 e. The molecule has 0 aliphatic rings. The van der Waals surface area contributed by atoms with Crippen LogP contribution in [-0.4, -0.2) is 31.6 Å². The number of primary sulfonamides is 1. The molecule has 0 aliphatic carbocycles. The molecule has 0 aliphatic heterocycles. The zero-order valence-electron chi connectivity index (χ0n) is 8.66. The normalized spacial score (nSPS) is 11.2. The minimum Gasteiger partial charge on any atom is -0.395 e. The Morgan fingerprint density at radius 3 is 2.59 bits per heavy atom. The zero-order valence-corrected chi connectivity index (χ0v) is 9.48. The molecule has 0 atom stereocenters. The van der Waals surface area contributed by atoms with E-state index in [1.807, 2.05) is 0 Å². The molecule has 1 aromatic rings. The van der Waals surface area contributed by atoms with Crippen LogP contribution in [0.25, 0.3) is 0 Å². The van der Waals surface area contributed by atoms with Gasteiger partial charge >= 0.3 is 0 Å². The van der Waals surface area contributed by atoms with Crippen molar-refractivity contribution in [2.24, 2.45) is 5.14 Å². The van der Waals surface area contributed by atoms with E-state index in [1.54, 1.807) is 0 Å². The van der Waals surface area contributed by atoms with Gasteiger partial charge in [-0.3, -0.25) is 10.1 Å². The number of nitrogens with two attached hydrogens (primary N) is 1. The molecule has 0 saturated carbocycles. The number of nitrogens with one attached hydrogen (secondary N) is 1. The second kappa shape index (κ2) is 5.08. The van der Waals surface area contributed by atoms with Gasteiger partial charge < -0.3 is 10.4 Å². The Morgan fingerprint density at radius 2 is 2.12 bits per heavy atom. The summed E-state index contributed by atoms with van der Waals surface area (Å²) in [6.45, 7) is -0.0797. The van der Waals surface area contributed by atoms with E-state index < -0.39 is 20.6 Å². The first-order valence-electron chi connectivity index (χ1n) is 4.52. The van der Waals surface area contributed by atoms with E-state index in [2.05, 4.69) is 5.32 Å². The third-order valence-electron chi connectivity index (χ3n) is 1.92. The van der Waals surface area contributed by atoms with E-state index in [1.165, 1.54) is 6.07 Å². The maximum absolute atomic E-state index is 11.0. The lowest BCUT2D eigenvalue weighted by molar-refractivity contribution is -0.384. The Balaban J connectivity index is 3.22. The topological polar surface area (TPSA) is 136 Å². The average Bonchev–Trinajstić information content (AvgIpc) is 2.24. The fourth-order valence-electron chi connectivity index (χ4n) is 1.18. The van der Waals surface area contributed by atoms with Crippen LogP contribution in [0, 0.1) is 10.1 Å². The first kappa shape index (κ1) is 13.4. The number of anilines is 1. The van der Waals surface area contributed by atoms with E-state index in [9.17, 15) is 18.5 Å². The second-order valence-electron chi connectivity index (χ2n) is 3.13. The van der Waals surface area contributed by atoms with E-state index in [0.29, 0.717) is 0 Å². The van der Waals surface area contributed by atoms with Gasteiger partial charge in [0, 0.05) is 12.6 Å². The maximum Gasteiger partial charge on any atom is 0.293 e. The number of hydrogen-bond acceptors (Lipinski definition) is 6. The zero-order chi connectivity index (χ0) is 13.1. The summed E-state index contributed by atoms with van der Waals surface area (Å²) in [6, 6.07) is 3.25. The summed E-state index contributed by atoms with van der Waals surface area (Å²) in [5, 5.41) is 26.8. The minimum absolute atomic E-state index is 0.121. The molecule has 0 saturated heterocycles. The predicted octanol–water partition coefficient (Wildman–Crippen LogP) is -0.354. The molecule has 1 rings (SSSR count). The number of benzene rings is 1. The van der Waals surface area contributed by atoms with Gasteiger partial charge in [-0.2, -0.15) is 0 Å². The van der Waals surface area contributed by atoms with Crippen LogP contribution in [0.1, 0.15) is 0 Å². The first-order chi connectivity index (χ1) is 7.86. The van der Waals surface area contributed by atoms with Crippen LogP contribution in [0.15, 0.2) is 23.1 Å². The Labute approximate surface area is 97.3 Å². The monoisotopic (exact) mass is 261 g/mol. The molecule has 9 heteroatoms. The SMILES string of the molecule is NS(=O)(=O)c1ccc(NCCO)c([N+](=O)[O-])c1. The summed E-state index contributed by atoms with van der Waals surface area (Å²) in [6.07, 6.45) is 0. The van der Waals surface area contributed by atoms with Gasteiger partial charge in [-0.15, -0.1) is 0 Å². The van der Waals surface area contributed by atoms with Crippen LogP contribution < -0.4 is 10.5 Å². The van der Waals surface area contributed by atoms with Crippen LogP contribution in [0.2, 0.25) is 0 Å². The lowest BCUT2D eigenvalue weighted by atomic mass is 10.2. The van der Waals surface area contributed by atoms with Crippen LogP contribution in [0.5, 0.6) is 0 Å². The molecular weight excluding hydrogens is 250 g/mol. The molecule has 0 radical (unpaired) electrons. The Kier molecular flexibility index (Phi) is 3.99. The summed E-state index contributed by atoms with van der Waals surface area (Å²) in [5.74, 6) is 0. The number of rotatable bonds is 5. The van der Waals surface area contributed by atoms with Crippen molar-refractivity contribution in [3.63, 3.8) is 0 Å². The van der Waals surface area contributed by atoms with Crippen molar-refractivity contribution in [1.29, 1.82) is 0 Å². The lowest BCUT2D eigenvalue weighted by Gasteiger charge is -2.06. The summed E-state index contributed by atoms with van der Waals surface area (Å²) in [7, 11) is -3.98. The van der Waals surface area contributed by atoms with Crippen LogP contribution >= 0.6 is 0 Å². The number of aliphatic hydroxyl groups is 1. The average molecular weight is 261 g/mol. The van der Waals surface area contributed by atoms with Gasteiger partial charge in [0.1, 0.15) is 5.69 Å². The van der Waals surface area contributed by atoms with E-state index in [0.717, 1.165) is 12.1 Å². The van der Waals surface area contributed by atoms with Crippen molar-refractivity contribution in [2.45, 2.75) is 4.90 Å². The molecule has 94 valence electrons. The van der Waals surface area contributed by atoms with Crippen molar-refractivity contribution in [1.82, 2.24) is 0 Å². The molecular formula is C8H11N3O5S. The minimum atomic E-state index is -3.98. The molecule has 0 spiro atoms. The molecule has 0 unspecified atom stereocenters. The van der Waals surface area contributed by atoms with Crippen molar-refractivity contribution in [3.8, 4) is 0 Å². The molecule has 0 amide bonds. The highest BCUT2D eigenvalue weighted by Crippen LogP contribution is 2.26. The summed E-state index contributed by atoms with van der Waals surface area (Å²) >= 11 is 0. The molecule has 8 nitrogen and oxygen atoms in total. The van der Waals surface area contributed by atoms with E-state index in [4.69, 9.17) is 10.2 Å². The molecule has 0 bridgehead atoms. The largest absolute Gasteiger partial charge is 0.395 e. The van der Waals surface area contributed by atoms with Crippen molar-refractivity contribution in [3.05, 3.63) is 28.3 Å².